The summed E-state index contributed by atoms with van der Waals surface area (Å²) in [4.78, 5) is 2.46. The van der Waals surface area contributed by atoms with Crippen molar-refractivity contribution in [1.29, 1.82) is 5.26 Å². The second kappa shape index (κ2) is 5.84. The maximum Gasteiger partial charge on any atom is 0.102 e. The molecule has 1 heterocycles. The molecule has 0 saturated carbocycles. The second-order valence-corrected chi connectivity index (χ2v) is 5.83. The fraction of sp³-hybridized carbons (Fsp3) is 0.929. The first-order valence-electron chi connectivity index (χ1n) is 6.89. The zero-order valence-corrected chi connectivity index (χ0v) is 11.6. The van der Waals surface area contributed by atoms with E-state index in [1.54, 1.807) is 0 Å². The fourth-order valence-electron chi connectivity index (χ4n) is 2.65. The normalized spacial score (nSPS) is 23.9. The standard InChI is InChI=1S/C14H27N3/c1-4-14(5-2)7-10-17(11-8-14)9-6-13(3,16)12-15/h4-11,16H2,1-3H3. The largest absolute Gasteiger partial charge is 0.314 e. The molecule has 1 saturated heterocycles. The minimum Gasteiger partial charge on any atom is -0.314 e. The molecule has 3 nitrogen and oxygen atoms in total. The third kappa shape index (κ3) is 3.97. The summed E-state index contributed by atoms with van der Waals surface area (Å²) < 4.78 is 0. The Hall–Kier alpha value is -0.590. The lowest BCUT2D eigenvalue weighted by Crippen LogP contribution is -2.43. The highest BCUT2D eigenvalue weighted by Gasteiger charge is 2.31. The van der Waals surface area contributed by atoms with Crippen LogP contribution in [-0.2, 0) is 0 Å². The van der Waals surface area contributed by atoms with Crippen molar-refractivity contribution >= 4 is 0 Å². The van der Waals surface area contributed by atoms with E-state index in [1.165, 1.54) is 38.8 Å². The van der Waals surface area contributed by atoms with Gasteiger partial charge in [0.2, 0.25) is 0 Å². The zero-order valence-electron chi connectivity index (χ0n) is 11.6. The average Bonchev–Trinajstić information content (AvgIpc) is 2.37. The fourth-order valence-corrected chi connectivity index (χ4v) is 2.65. The van der Waals surface area contributed by atoms with Crippen LogP contribution in [0.2, 0.25) is 0 Å². The molecule has 0 aromatic rings. The van der Waals surface area contributed by atoms with Crippen LogP contribution in [-0.4, -0.2) is 30.1 Å². The SMILES string of the molecule is CCC1(CC)CCN(CCC(C)(N)C#N)CC1. The Morgan fingerprint density at radius 2 is 1.82 bits per heavy atom. The van der Waals surface area contributed by atoms with Gasteiger partial charge in [-0.1, -0.05) is 26.7 Å². The number of nitrogens with zero attached hydrogens (tertiary/aromatic N) is 2. The molecule has 0 amide bonds. The highest BCUT2D eigenvalue weighted by atomic mass is 15.1. The Labute approximate surface area is 106 Å². The monoisotopic (exact) mass is 237 g/mol. The van der Waals surface area contributed by atoms with Crippen LogP contribution in [0.1, 0.15) is 52.9 Å². The van der Waals surface area contributed by atoms with Crippen LogP contribution in [0.5, 0.6) is 0 Å². The highest BCUT2D eigenvalue weighted by molar-refractivity contribution is 5.01. The Balaban J connectivity index is 2.36. The average molecular weight is 237 g/mol. The third-order valence-corrected chi connectivity index (χ3v) is 4.62. The molecule has 17 heavy (non-hydrogen) atoms. The van der Waals surface area contributed by atoms with Gasteiger partial charge in [-0.15, -0.1) is 0 Å². The predicted octanol–water partition coefficient (Wildman–Crippen LogP) is 2.52. The summed E-state index contributed by atoms with van der Waals surface area (Å²) in [5.41, 5.74) is 5.77. The minimum absolute atomic E-state index is 0.581. The van der Waals surface area contributed by atoms with Gasteiger partial charge in [0.1, 0.15) is 5.54 Å². The van der Waals surface area contributed by atoms with E-state index in [9.17, 15) is 0 Å². The molecule has 0 bridgehead atoms. The van der Waals surface area contributed by atoms with E-state index >= 15 is 0 Å². The van der Waals surface area contributed by atoms with Crippen molar-refractivity contribution in [2.45, 2.75) is 58.4 Å². The number of nitriles is 1. The molecule has 3 heteroatoms. The maximum atomic E-state index is 8.89. The Bertz CT molecular complexity index is 264. The van der Waals surface area contributed by atoms with Crippen LogP contribution >= 0.6 is 0 Å². The molecule has 1 atom stereocenters. The van der Waals surface area contributed by atoms with Crippen molar-refractivity contribution < 1.29 is 0 Å². The smallest absolute Gasteiger partial charge is 0.102 e. The lowest BCUT2D eigenvalue weighted by atomic mass is 9.74. The summed E-state index contributed by atoms with van der Waals surface area (Å²) in [6.45, 7) is 9.74. The van der Waals surface area contributed by atoms with E-state index in [2.05, 4.69) is 24.8 Å². The summed E-state index contributed by atoms with van der Waals surface area (Å²) in [5, 5.41) is 8.89. The van der Waals surface area contributed by atoms with Crippen LogP contribution in [0.3, 0.4) is 0 Å². The molecule has 0 aliphatic carbocycles. The molecule has 98 valence electrons. The zero-order chi connectivity index (χ0) is 12.9. The van der Waals surface area contributed by atoms with Crippen molar-refractivity contribution in [3.63, 3.8) is 0 Å². The van der Waals surface area contributed by atoms with E-state index in [4.69, 9.17) is 11.0 Å². The first-order chi connectivity index (χ1) is 7.97. The predicted molar refractivity (Wildman–Crippen MR) is 71.5 cm³/mol. The van der Waals surface area contributed by atoms with Crippen LogP contribution in [0.25, 0.3) is 0 Å². The molecule has 0 radical (unpaired) electrons. The highest BCUT2D eigenvalue weighted by Crippen LogP contribution is 2.37. The molecule has 0 spiro atoms. The Morgan fingerprint density at radius 3 is 2.24 bits per heavy atom. The molecular weight excluding hydrogens is 210 g/mol. The molecule has 1 fully saturated rings. The Morgan fingerprint density at radius 1 is 1.29 bits per heavy atom. The molecule has 1 aliphatic rings. The Kier molecular flexibility index (Phi) is 4.97. The van der Waals surface area contributed by atoms with Crippen molar-refractivity contribution in [1.82, 2.24) is 4.90 Å². The van der Waals surface area contributed by atoms with Gasteiger partial charge < -0.3 is 10.6 Å². The second-order valence-electron chi connectivity index (χ2n) is 5.83. The van der Waals surface area contributed by atoms with Gasteiger partial charge in [0.15, 0.2) is 0 Å². The third-order valence-electron chi connectivity index (χ3n) is 4.62. The lowest BCUT2D eigenvalue weighted by Gasteiger charge is -2.41. The van der Waals surface area contributed by atoms with Gasteiger partial charge >= 0.3 is 0 Å². The number of rotatable bonds is 5. The first-order valence-corrected chi connectivity index (χ1v) is 6.89. The van der Waals surface area contributed by atoms with Crippen molar-refractivity contribution in [3.8, 4) is 6.07 Å². The van der Waals surface area contributed by atoms with E-state index in [0.29, 0.717) is 5.41 Å². The molecule has 1 unspecified atom stereocenters. The van der Waals surface area contributed by atoms with Crippen molar-refractivity contribution in [2.24, 2.45) is 11.1 Å². The summed E-state index contributed by atoms with van der Waals surface area (Å²) in [5.74, 6) is 0. The number of nitrogens with two attached hydrogens (primary N) is 1. The van der Waals surface area contributed by atoms with Gasteiger partial charge in [0.25, 0.3) is 0 Å². The molecular formula is C14H27N3. The quantitative estimate of drug-likeness (QED) is 0.799. The van der Waals surface area contributed by atoms with Crippen LogP contribution in [0.15, 0.2) is 0 Å². The lowest BCUT2D eigenvalue weighted by molar-refractivity contribution is 0.0922. The summed E-state index contributed by atoms with van der Waals surface area (Å²) in [7, 11) is 0. The number of piperidine rings is 1. The molecule has 1 aliphatic heterocycles. The summed E-state index contributed by atoms with van der Waals surface area (Å²) in [6.07, 6.45) is 5.96. The van der Waals surface area contributed by atoms with E-state index in [-0.39, 0.29) is 0 Å². The first kappa shape index (κ1) is 14.5. The number of likely N-dealkylation sites (tertiary alicyclic amines) is 1. The van der Waals surface area contributed by atoms with Gasteiger partial charge in [-0.05, 0) is 44.7 Å². The molecule has 0 aromatic carbocycles. The van der Waals surface area contributed by atoms with E-state index in [0.717, 1.165) is 13.0 Å². The number of hydrogen-bond acceptors (Lipinski definition) is 3. The topological polar surface area (TPSA) is 53.0 Å². The van der Waals surface area contributed by atoms with Crippen LogP contribution in [0, 0.1) is 16.7 Å². The van der Waals surface area contributed by atoms with Gasteiger partial charge in [-0.3, -0.25) is 0 Å². The van der Waals surface area contributed by atoms with Crippen LogP contribution < -0.4 is 5.73 Å². The molecule has 1 rings (SSSR count). The van der Waals surface area contributed by atoms with Gasteiger partial charge in [0.05, 0.1) is 6.07 Å². The van der Waals surface area contributed by atoms with E-state index in [1.807, 2.05) is 6.92 Å². The minimum atomic E-state index is -0.663. The summed E-state index contributed by atoms with van der Waals surface area (Å²) >= 11 is 0. The van der Waals surface area contributed by atoms with Gasteiger partial charge in [-0.2, -0.15) is 5.26 Å². The van der Waals surface area contributed by atoms with Crippen molar-refractivity contribution in [3.05, 3.63) is 0 Å². The number of hydrogen-bond donors (Lipinski definition) is 1. The molecule has 0 aromatic heterocycles. The van der Waals surface area contributed by atoms with Gasteiger partial charge in [-0.25, -0.2) is 0 Å². The van der Waals surface area contributed by atoms with Crippen molar-refractivity contribution in [2.75, 3.05) is 19.6 Å². The van der Waals surface area contributed by atoms with Crippen LogP contribution in [0.4, 0.5) is 0 Å². The molecule has 2 N–H and O–H groups in total. The maximum absolute atomic E-state index is 8.89. The van der Waals surface area contributed by atoms with Gasteiger partial charge in [0, 0.05) is 6.54 Å². The summed E-state index contributed by atoms with van der Waals surface area (Å²) in [6, 6.07) is 2.17. The van der Waals surface area contributed by atoms with E-state index < -0.39 is 5.54 Å².